The number of fused-ring (bicyclic) bond motifs is 1. The largest absolute Gasteiger partial charge is 0.481 e. The van der Waals surface area contributed by atoms with Gasteiger partial charge in [-0.05, 0) is 6.42 Å². The predicted octanol–water partition coefficient (Wildman–Crippen LogP) is 0.207. The van der Waals surface area contributed by atoms with Gasteiger partial charge >= 0.3 is 5.97 Å². The lowest BCUT2D eigenvalue weighted by Crippen LogP contribution is -2.22. The molecule has 1 atom stereocenters. The van der Waals surface area contributed by atoms with E-state index >= 15 is 0 Å². The second-order valence-electron chi connectivity index (χ2n) is 3.88. The molecule has 0 saturated heterocycles. The van der Waals surface area contributed by atoms with Crippen LogP contribution >= 0.6 is 0 Å². The molecule has 0 aliphatic carbocycles. The van der Waals surface area contributed by atoms with Crippen LogP contribution in [0.3, 0.4) is 0 Å². The highest BCUT2D eigenvalue weighted by molar-refractivity contribution is 5.66. The number of carboxylic acid groups (broad SMARTS) is 1. The molecule has 15 heavy (non-hydrogen) atoms. The summed E-state index contributed by atoms with van der Waals surface area (Å²) in [5.41, 5.74) is 0.807. The summed E-state index contributed by atoms with van der Waals surface area (Å²) < 4.78 is 2.00. The number of aliphatic hydroxyl groups is 1. The van der Waals surface area contributed by atoms with Crippen LogP contribution in [0.5, 0.6) is 0 Å². The molecule has 5 nitrogen and oxygen atoms in total. The minimum Gasteiger partial charge on any atom is -0.481 e. The van der Waals surface area contributed by atoms with Crippen molar-refractivity contribution < 1.29 is 15.0 Å². The Labute approximate surface area is 87.4 Å². The zero-order valence-electron chi connectivity index (χ0n) is 8.39. The predicted molar refractivity (Wildman–Crippen MR) is 52.5 cm³/mol. The smallest absolute Gasteiger partial charge is 0.303 e. The minimum atomic E-state index is -0.805. The van der Waals surface area contributed by atoms with Gasteiger partial charge in [0.1, 0.15) is 5.82 Å². The first kappa shape index (κ1) is 10.2. The third kappa shape index (κ3) is 2.36. The highest BCUT2D eigenvalue weighted by Crippen LogP contribution is 2.15. The number of hydrogen-bond acceptors (Lipinski definition) is 3. The van der Waals surface area contributed by atoms with E-state index in [9.17, 15) is 9.90 Å². The molecule has 0 spiro atoms. The molecular weight excluding hydrogens is 196 g/mol. The molecule has 1 aromatic rings. The number of rotatable bonds is 3. The van der Waals surface area contributed by atoms with E-state index in [1.807, 2.05) is 10.8 Å². The van der Waals surface area contributed by atoms with E-state index in [-0.39, 0.29) is 12.5 Å². The van der Waals surface area contributed by atoms with Gasteiger partial charge in [0.15, 0.2) is 0 Å². The summed E-state index contributed by atoms with van der Waals surface area (Å²) in [6.45, 7) is 0.774. The molecular formula is C10H14N2O3. The second-order valence-corrected chi connectivity index (χ2v) is 3.88. The summed E-state index contributed by atoms with van der Waals surface area (Å²) in [6, 6.07) is 0. The fraction of sp³-hybridized carbons (Fsp3) is 0.600. The molecule has 0 amide bonds. The lowest BCUT2D eigenvalue weighted by Gasteiger charge is -2.18. The highest BCUT2D eigenvalue weighted by atomic mass is 16.4. The van der Waals surface area contributed by atoms with Crippen LogP contribution in [0, 0.1) is 0 Å². The molecule has 0 radical (unpaired) electrons. The summed E-state index contributed by atoms with van der Waals surface area (Å²) >= 11 is 0. The van der Waals surface area contributed by atoms with E-state index in [2.05, 4.69) is 4.98 Å². The van der Waals surface area contributed by atoms with Gasteiger partial charge in [-0.15, -0.1) is 0 Å². The quantitative estimate of drug-likeness (QED) is 0.747. The topological polar surface area (TPSA) is 75.3 Å². The maximum atomic E-state index is 10.4. The molecule has 2 rings (SSSR count). The molecule has 0 fully saturated rings. The number of aromatic nitrogens is 2. The molecule has 5 heteroatoms. The van der Waals surface area contributed by atoms with Crippen LogP contribution in [-0.4, -0.2) is 31.8 Å². The Morgan fingerprint density at radius 2 is 2.47 bits per heavy atom. The van der Waals surface area contributed by atoms with Gasteiger partial charge in [-0.25, -0.2) is 4.98 Å². The zero-order chi connectivity index (χ0) is 10.8. The van der Waals surface area contributed by atoms with E-state index in [0.717, 1.165) is 24.5 Å². The fourth-order valence-electron chi connectivity index (χ4n) is 1.83. The number of carboxylic acids is 1. The summed E-state index contributed by atoms with van der Waals surface area (Å²) in [4.78, 5) is 14.7. The SMILES string of the molecule is O=C(O)CCc1cn2c(n1)CC(O)CC2. The number of nitrogens with zero attached hydrogens (tertiary/aromatic N) is 2. The van der Waals surface area contributed by atoms with Crippen LogP contribution in [0.1, 0.15) is 24.4 Å². The first-order valence-electron chi connectivity index (χ1n) is 5.10. The van der Waals surface area contributed by atoms with Crippen molar-refractivity contribution in [1.29, 1.82) is 0 Å². The van der Waals surface area contributed by atoms with Crippen molar-refractivity contribution in [2.45, 2.75) is 38.3 Å². The standard InChI is InChI=1S/C10H14N2O3/c13-8-3-4-12-6-7(1-2-10(14)15)11-9(12)5-8/h6,8,13H,1-5H2,(H,14,15). The Kier molecular flexibility index (Phi) is 2.73. The van der Waals surface area contributed by atoms with Crippen molar-refractivity contribution in [1.82, 2.24) is 9.55 Å². The summed E-state index contributed by atoms with van der Waals surface area (Å²) in [5, 5.41) is 18.0. The second kappa shape index (κ2) is 4.02. The Morgan fingerprint density at radius 3 is 3.20 bits per heavy atom. The maximum Gasteiger partial charge on any atom is 0.303 e. The van der Waals surface area contributed by atoms with Crippen LogP contribution in [0.2, 0.25) is 0 Å². The van der Waals surface area contributed by atoms with E-state index in [0.29, 0.717) is 12.8 Å². The molecule has 1 unspecified atom stereocenters. The number of aryl methyl sites for hydroxylation is 2. The van der Waals surface area contributed by atoms with Crippen molar-refractivity contribution >= 4 is 5.97 Å². The maximum absolute atomic E-state index is 10.4. The van der Waals surface area contributed by atoms with Crippen LogP contribution < -0.4 is 0 Å². The Bertz CT molecular complexity index is 373. The lowest BCUT2D eigenvalue weighted by atomic mass is 10.1. The van der Waals surface area contributed by atoms with E-state index in [1.54, 1.807) is 0 Å². The molecule has 2 heterocycles. The van der Waals surface area contributed by atoms with E-state index in [1.165, 1.54) is 0 Å². The number of aliphatic carboxylic acids is 1. The van der Waals surface area contributed by atoms with Crippen LogP contribution in [0.15, 0.2) is 6.20 Å². The van der Waals surface area contributed by atoms with Crippen LogP contribution in [-0.2, 0) is 24.2 Å². The van der Waals surface area contributed by atoms with Crippen LogP contribution in [0.4, 0.5) is 0 Å². The number of hydrogen-bond donors (Lipinski definition) is 2. The van der Waals surface area contributed by atoms with Crippen molar-refractivity contribution in [3.8, 4) is 0 Å². The van der Waals surface area contributed by atoms with Crippen molar-refractivity contribution in [3.63, 3.8) is 0 Å². The first-order valence-corrected chi connectivity index (χ1v) is 5.10. The minimum absolute atomic E-state index is 0.110. The van der Waals surface area contributed by atoms with Crippen molar-refractivity contribution in [3.05, 3.63) is 17.7 Å². The van der Waals surface area contributed by atoms with Crippen LogP contribution in [0.25, 0.3) is 0 Å². The molecule has 0 aromatic carbocycles. The highest BCUT2D eigenvalue weighted by Gasteiger charge is 2.18. The third-order valence-corrected chi connectivity index (χ3v) is 2.63. The van der Waals surface area contributed by atoms with Crippen molar-refractivity contribution in [2.75, 3.05) is 0 Å². The van der Waals surface area contributed by atoms with Gasteiger partial charge in [-0.3, -0.25) is 4.79 Å². The van der Waals surface area contributed by atoms with Crippen molar-refractivity contribution in [2.24, 2.45) is 0 Å². The molecule has 0 saturated carbocycles. The Morgan fingerprint density at radius 1 is 1.67 bits per heavy atom. The average Bonchev–Trinajstić information content (AvgIpc) is 2.56. The van der Waals surface area contributed by atoms with Gasteiger partial charge in [-0.2, -0.15) is 0 Å². The summed E-state index contributed by atoms with van der Waals surface area (Å²) in [6.07, 6.45) is 3.50. The monoisotopic (exact) mass is 210 g/mol. The molecule has 2 N–H and O–H groups in total. The van der Waals surface area contributed by atoms with Gasteiger partial charge in [0, 0.05) is 25.6 Å². The molecule has 1 aliphatic heterocycles. The first-order chi connectivity index (χ1) is 7.15. The molecule has 1 aliphatic rings. The van der Waals surface area contributed by atoms with Gasteiger partial charge in [0.25, 0.3) is 0 Å². The van der Waals surface area contributed by atoms with Gasteiger partial charge < -0.3 is 14.8 Å². The zero-order valence-corrected chi connectivity index (χ0v) is 8.39. The fourth-order valence-corrected chi connectivity index (χ4v) is 1.83. The average molecular weight is 210 g/mol. The van der Waals surface area contributed by atoms with Gasteiger partial charge in [0.2, 0.25) is 0 Å². The van der Waals surface area contributed by atoms with Gasteiger partial charge in [0.05, 0.1) is 18.2 Å². The Hall–Kier alpha value is -1.36. The number of carbonyl (C=O) groups is 1. The molecule has 0 bridgehead atoms. The number of imidazole rings is 1. The molecule has 1 aromatic heterocycles. The normalized spacial score (nSPS) is 19.9. The van der Waals surface area contributed by atoms with Gasteiger partial charge in [-0.1, -0.05) is 0 Å². The lowest BCUT2D eigenvalue weighted by molar-refractivity contribution is -0.136. The summed E-state index contributed by atoms with van der Waals surface area (Å²) in [5.74, 6) is 0.0649. The number of aliphatic hydroxyl groups excluding tert-OH is 1. The Balaban J connectivity index is 2.06. The summed E-state index contributed by atoms with van der Waals surface area (Å²) in [7, 11) is 0. The third-order valence-electron chi connectivity index (χ3n) is 2.63. The molecule has 82 valence electrons. The van der Waals surface area contributed by atoms with E-state index < -0.39 is 5.97 Å². The van der Waals surface area contributed by atoms with E-state index in [4.69, 9.17) is 5.11 Å².